The predicted octanol–water partition coefficient (Wildman–Crippen LogP) is 3.83. The Hall–Kier alpha value is -1.13. The molecule has 1 aromatic rings. The van der Waals surface area contributed by atoms with Crippen molar-refractivity contribution in [1.82, 2.24) is 5.32 Å². The van der Waals surface area contributed by atoms with Gasteiger partial charge in [-0.25, -0.2) is 4.39 Å². The number of methoxy groups -OCH3 is 1. The molecule has 0 amide bonds. The third kappa shape index (κ3) is 4.68. The average molecular weight is 295 g/mol. The number of ether oxygens (including phenoxy) is 2. The zero-order valence-corrected chi connectivity index (χ0v) is 13.0. The molecule has 1 aliphatic heterocycles. The normalized spacial score (nSPS) is 19.7. The molecule has 0 spiro atoms. The van der Waals surface area contributed by atoms with E-state index in [-0.39, 0.29) is 11.9 Å². The van der Waals surface area contributed by atoms with Crippen LogP contribution >= 0.6 is 0 Å². The number of rotatable bonds is 8. The lowest BCUT2D eigenvalue weighted by Gasteiger charge is -2.21. The maximum Gasteiger partial charge on any atom is 0.165 e. The maximum atomic E-state index is 13.9. The van der Waals surface area contributed by atoms with E-state index in [0.717, 1.165) is 50.8 Å². The number of hydrogen-bond acceptors (Lipinski definition) is 3. The van der Waals surface area contributed by atoms with Gasteiger partial charge in [0.25, 0.3) is 0 Å². The quantitative estimate of drug-likeness (QED) is 0.790. The highest BCUT2D eigenvalue weighted by Crippen LogP contribution is 2.27. The molecule has 0 saturated carbocycles. The third-order valence-electron chi connectivity index (χ3n) is 4.02. The molecule has 2 atom stereocenters. The summed E-state index contributed by atoms with van der Waals surface area (Å²) < 4.78 is 24.6. The standard InChI is InChI=1S/C17H26FNO2/c1-3-10-19-16(8-7-14-5-4-11-21-14)13-6-9-17(20-2)15(18)12-13/h6,9,12,14,16,19H,3-5,7-8,10-11H2,1-2H3. The molecule has 0 aliphatic carbocycles. The van der Waals surface area contributed by atoms with Crippen molar-refractivity contribution in [2.45, 2.75) is 51.2 Å². The minimum Gasteiger partial charge on any atom is -0.494 e. The maximum absolute atomic E-state index is 13.9. The van der Waals surface area contributed by atoms with Gasteiger partial charge in [-0.3, -0.25) is 0 Å². The zero-order valence-electron chi connectivity index (χ0n) is 13.0. The van der Waals surface area contributed by atoms with Gasteiger partial charge in [-0.2, -0.15) is 0 Å². The molecule has 0 aromatic heterocycles. The van der Waals surface area contributed by atoms with Crippen LogP contribution in [0.5, 0.6) is 5.75 Å². The molecule has 1 aromatic carbocycles. The molecular formula is C17H26FNO2. The van der Waals surface area contributed by atoms with Gasteiger partial charge in [0.1, 0.15) is 0 Å². The van der Waals surface area contributed by atoms with Gasteiger partial charge in [-0.1, -0.05) is 13.0 Å². The van der Waals surface area contributed by atoms with Gasteiger partial charge in [-0.05, 0) is 56.3 Å². The van der Waals surface area contributed by atoms with Crippen molar-refractivity contribution in [3.8, 4) is 5.75 Å². The summed E-state index contributed by atoms with van der Waals surface area (Å²) in [5.74, 6) is 0.00235. The summed E-state index contributed by atoms with van der Waals surface area (Å²) in [5, 5.41) is 3.51. The lowest BCUT2D eigenvalue weighted by molar-refractivity contribution is 0.0996. The van der Waals surface area contributed by atoms with Gasteiger partial charge in [0.05, 0.1) is 13.2 Å². The number of nitrogens with one attached hydrogen (secondary N) is 1. The summed E-state index contributed by atoms with van der Waals surface area (Å²) in [5.41, 5.74) is 0.986. The molecule has 1 saturated heterocycles. The van der Waals surface area contributed by atoms with Crippen molar-refractivity contribution >= 4 is 0 Å². The second-order valence-corrected chi connectivity index (χ2v) is 5.61. The van der Waals surface area contributed by atoms with Gasteiger partial charge < -0.3 is 14.8 Å². The highest BCUT2D eigenvalue weighted by molar-refractivity contribution is 5.31. The van der Waals surface area contributed by atoms with E-state index < -0.39 is 0 Å². The minimum absolute atomic E-state index is 0.176. The molecule has 21 heavy (non-hydrogen) atoms. The van der Waals surface area contributed by atoms with E-state index in [0.29, 0.717) is 11.9 Å². The van der Waals surface area contributed by atoms with E-state index in [1.54, 1.807) is 12.1 Å². The summed E-state index contributed by atoms with van der Waals surface area (Å²) in [6, 6.07) is 5.42. The first-order chi connectivity index (χ1) is 10.2. The second-order valence-electron chi connectivity index (χ2n) is 5.61. The van der Waals surface area contributed by atoms with Crippen LogP contribution in [0.15, 0.2) is 18.2 Å². The Morgan fingerprint density at radius 1 is 1.48 bits per heavy atom. The van der Waals surface area contributed by atoms with E-state index in [2.05, 4.69) is 12.2 Å². The Morgan fingerprint density at radius 2 is 2.33 bits per heavy atom. The van der Waals surface area contributed by atoms with Crippen molar-refractivity contribution in [2.75, 3.05) is 20.3 Å². The van der Waals surface area contributed by atoms with Crippen LogP contribution in [-0.2, 0) is 4.74 Å². The molecule has 2 unspecified atom stereocenters. The molecule has 1 N–H and O–H groups in total. The van der Waals surface area contributed by atoms with E-state index in [9.17, 15) is 4.39 Å². The first-order valence-corrected chi connectivity index (χ1v) is 7.93. The van der Waals surface area contributed by atoms with Gasteiger partial charge in [0, 0.05) is 12.6 Å². The fourth-order valence-corrected chi connectivity index (χ4v) is 2.83. The van der Waals surface area contributed by atoms with Crippen molar-refractivity contribution in [1.29, 1.82) is 0 Å². The minimum atomic E-state index is -0.296. The Bertz CT molecular complexity index is 433. The lowest BCUT2D eigenvalue weighted by Crippen LogP contribution is -2.23. The van der Waals surface area contributed by atoms with Crippen LogP contribution in [0, 0.1) is 5.82 Å². The molecule has 4 heteroatoms. The van der Waals surface area contributed by atoms with E-state index >= 15 is 0 Å². The Labute approximate surface area is 126 Å². The number of benzene rings is 1. The summed E-state index contributed by atoms with van der Waals surface area (Å²) >= 11 is 0. The Balaban J connectivity index is 2.01. The molecule has 2 rings (SSSR count). The summed E-state index contributed by atoms with van der Waals surface area (Å²) in [7, 11) is 1.49. The Morgan fingerprint density at radius 3 is 2.95 bits per heavy atom. The van der Waals surface area contributed by atoms with Crippen molar-refractivity contribution in [3.63, 3.8) is 0 Å². The monoisotopic (exact) mass is 295 g/mol. The Kier molecular flexibility index (Phi) is 6.46. The fourth-order valence-electron chi connectivity index (χ4n) is 2.83. The lowest BCUT2D eigenvalue weighted by atomic mass is 9.98. The SMILES string of the molecule is CCCNC(CCC1CCCO1)c1ccc(OC)c(F)c1. The molecule has 0 bridgehead atoms. The van der Waals surface area contributed by atoms with E-state index in [1.165, 1.54) is 7.11 Å². The van der Waals surface area contributed by atoms with Crippen LogP contribution in [0.3, 0.4) is 0 Å². The second kappa shape index (κ2) is 8.35. The van der Waals surface area contributed by atoms with E-state index in [1.807, 2.05) is 6.07 Å². The number of halogens is 1. The molecule has 1 aliphatic rings. The van der Waals surface area contributed by atoms with Gasteiger partial charge in [0.2, 0.25) is 0 Å². The smallest absolute Gasteiger partial charge is 0.165 e. The van der Waals surface area contributed by atoms with Crippen molar-refractivity contribution in [2.24, 2.45) is 0 Å². The van der Waals surface area contributed by atoms with Crippen LogP contribution in [-0.4, -0.2) is 26.4 Å². The summed E-state index contributed by atoms with van der Waals surface area (Å²) in [4.78, 5) is 0. The van der Waals surface area contributed by atoms with Crippen LogP contribution in [0.2, 0.25) is 0 Å². The first-order valence-electron chi connectivity index (χ1n) is 7.93. The summed E-state index contributed by atoms with van der Waals surface area (Å²) in [6.45, 7) is 3.96. The topological polar surface area (TPSA) is 30.5 Å². The first kappa shape index (κ1) is 16.2. The average Bonchev–Trinajstić information content (AvgIpc) is 3.00. The van der Waals surface area contributed by atoms with Crippen LogP contribution < -0.4 is 10.1 Å². The highest BCUT2D eigenvalue weighted by atomic mass is 19.1. The zero-order chi connectivity index (χ0) is 15.1. The summed E-state index contributed by atoms with van der Waals surface area (Å²) in [6.07, 6.45) is 5.74. The predicted molar refractivity (Wildman–Crippen MR) is 82.2 cm³/mol. The molecule has 3 nitrogen and oxygen atoms in total. The molecule has 1 heterocycles. The van der Waals surface area contributed by atoms with Gasteiger partial charge >= 0.3 is 0 Å². The van der Waals surface area contributed by atoms with Crippen molar-refractivity contribution < 1.29 is 13.9 Å². The van der Waals surface area contributed by atoms with E-state index in [4.69, 9.17) is 9.47 Å². The number of hydrogen-bond donors (Lipinski definition) is 1. The largest absolute Gasteiger partial charge is 0.494 e. The molecule has 1 fully saturated rings. The van der Waals surface area contributed by atoms with Crippen LogP contribution in [0.1, 0.15) is 50.6 Å². The van der Waals surface area contributed by atoms with Crippen molar-refractivity contribution in [3.05, 3.63) is 29.6 Å². The molecule has 118 valence electrons. The molecule has 0 radical (unpaired) electrons. The van der Waals surface area contributed by atoms with Gasteiger partial charge in [0.15, 0.2) is 11.6 Å². The molecular weight excluding hydrogens is 269 g/mol. The highest BCUT2D eigenvalue weighted by Gasteiger charge is 2.19. The third-order valence-corrected chi connectivity index (χ3v) is 4.02. The fraction of sp³-hybridized carbons (Fsp3) is 0.647. The van der Waals surface area contributed by atoms with Gasteiger partial charge in [-0.15, -0.1) is 0 Å². The van der Waals surface area contributed by atoms with Crippen LogP contribution in [0.25, 0.3) is 0 Å². The van der Waals surface area contributed by atoms with Crippen LogP contribution in [0.4, 0.5) is 4.39 Å².